The summed E-state index contributed by atoms with van der Waals surface area (Å²) < 4.78 is 0. The molecule has 0 amide bonds. The number of aromatic amines is 1. The molecule has 0 spiro atoms. The highest BCUT2D eigenvalue weighted by molar-refractivity contribution is 6.29. The van der Waals surface area contributed by atoms with E-state index in [4.69, 9.17) is 11.6 Å². The number of benzene rings is 1. The van der Waals surface area contributed by atoms with Gasteiger partial charge in [0.1, 0.15) is 11.0 Å². The molecule has 5 nitrogen and oxygen atoms in total. The lowest BCUT2D eigenvalue weighted by molar-refractivity contribution is 0.582. The number of hydrogen-bond acceptors (Lipinski definition) is 4. The number of nitriles is 1. The molecule has 1 unspecified atom stereocenters. The lowest BCUT2D eigenvalue weighted by Gasteiger charge is -2.22. The average Bonchev–Trinajstić information content (AvgIpc) is 2.66. The Labute approximate surface area is 163 Å². The number of H-pyrrole nitrogens is 1. The average molecular weight is 381 g/mol. The van der Waals surface area contributed by atoms with Crippen LogP contribution >= 0.6 is 11.6 Å². The predicted molar refractivity (Wildman–Crippen MR) is 107 cm³/mol. The molecule has 1 aromatic carbocycles. The summed E-state index contributed by atoms with van der Waals surface area (Å²) in [7, 11) is 0. The van der Waals surface area contributed by atoms with Gasteiger partial charge in [0.25, 0.3) is 5.56 Å². The number of nitrogens with one attached hydrogen (secondary N) is 1. The van der Waals surface area contributed by atoms with Crippen molar-refractivity contribution < 1.29 is 0 Å². The van der Waals surface area contributed by atoms with E-state index in [0.29, 0.717) is 23.8 Å². The van der Waals surface area contributed by atoms with Gasteiger partial charge >= 0.3 is 0 Å². The highest BCUT2D eigenvalue weighted by Crippen LogP contribution is 2.29. The van der Waals surface area contributed by atoms with Gasteiger partial charge in [-0.3, -0.25) is 4.79 Å². The Morgan fingerprint density at radius 2 is 1.96 bits per heavy atom. The molecular weight excluding hydrogens is 360 g/mol. The van der Waals surface area contributed by atoms with E-state index in [2.05, 4.69) is 21.0 Å². The first kappa shape index (κ1) is 19.1. The van der Waals surface area contributed by atoms with Crippen LogP contribution in [0.1, 0.15) is 43.4 Å². The van der Waals surface area contributed by atoms with Crippen LogP contribution in [-0.2, 0) is 24.7 Å². The van der Waals surface area contributed by atoms with Crippen molar-refractivity contribution in [1.82, 2.24) is 15.0 Å². The topological polar surface area (TPSA) is 82.4 Å². The van der Waals surface area contributed by atoms with Gasteiger partial charge in [-0.05, 0) is 48.9 Å². The number of fused-ring (bicyclic) bond motifs is 1. The molecule has 1 atom stereocenters. The van der Waals surface area contributed by atoms with Gasteiger partial charge in [-0.25, -0.2) is 9.97 Å². The minimum absolute atomic E-state index is 0.0911. The maximum atomic E-state index is 12.1. The van der Waals surface area contributed by atoms with Gasteiger partial charge in [0, 0.05) is 23.2 Å². The van der Waals surface area contributed by atoms with E-state index in [1.165, 1.54) is 0 Å². The number of pyridine rings is 1. The normalized spacial score (nSPS) is 13.3. The van der Waals surface area contributed by atoms with Gasteiger partial charge in [-0.1, -0.05) is 37.6 Å². The van der Waals surface area contributed by atoms with Crippen molar-refractivity contribution in [3.63, 3.8) is 0 Å². The number of hydrogen-bond donors (Lipinski definition) is 1. The van der Waals surface area contributed by atoms with Gasteiger partial charge in [0.2, 0.25) is 0 Å². The number of aromatic nitrogens is 3. The molecule has 1 N–H and O–H groups in total. The second-order valence-electron chi connectivity index (χ2n) is 6.85. The van der Waals surface area contributed by atoms with Crippen LogP contribution in [0.2, 0.25) is 5.15 Å². The molecule has 3 rings (SSSR count). The van der Waals surface area contributed by atoms with Crippen molar-refractivity contribution in [1.29, 1.82) is 5.26 Å². The summed E-state index contributed by atoms with van der Waals surface area (Å²) in [5.74, 6) is 0.540. The molecule has 0 saturated heterocycles. The third kappa shape index (κ3) is 3.86. The quantitative estimate of drug-likeness (QED) is 0.675. The number of aryl methyl sites for hydroxylation is 2. The van der Waals surface area contributed by atoms with Gasteiger partial charge in [0.05, 0.1) is 11.5 Å². The second kappa shape index (κ2) is 7.50. The molecule has 6 heteroatoms. The Morgan fingerprint density at radius 1 is 1.19 bits per heavy atom. The minimum atomic E-state index is -0.843. The highest BCUT2D eigenvalue weighted by atomic mass is 35.5. The zero-order valence-electron chi connectivity index (χ0n) is 15.6. The van der Waals surface area contributed by atoms with Crippen molar-refractivity contribution in [2.75, 3.05) is 0 Å². The van der Waals surface area contributed by atoms with Gasteiger partial charge in [0.15, 0.2) is 0 Å². The van der Waals surface area contributed by atoms with Crippen molar-refractivity contribution in [3.8, 4) is 6.07 Å². The summed E-state index contributed by atoms with van der Waals surface area (Å²) in [6, 6.07) is 11.7. The SMILES string of the molecule is CCc1cc(Cl)nc(CC(C)(C#N)c2ccc3cc(CC)c(=O)[nH]c3c2)n1. The molecule has 2 aromatic heterocycles. The first-order chi connectivity index (χ1) is 12.9. The number of halogens is 1. The van der Waals surface area contributed by atoms with E-state index in [9.17, 15) is 10.1 Å². The molecule has 0 radical (unpaired) electrons. The minimum Gasteiger partial charge on any atom is -0.322 e. The van der Waals surface area contributed by atoms with E-state index in [-0.39, 0.29) is 5.56 Å². The molecule has 0 bridgehead atoms. The van der Waals surface area contributed by atoms with E-state index in [1.807, 2.05) is 45.0 Å². The fourth-order valence-electron chi connectivity index (χ4n) is 3.15. The maximum Gasteiger partial charge on any atom is 0.251 e. The Hall–Kier alpha value is -2.71. The molecule has 3 aromatic rings. The molecule has 2 heterocycles. The fourth-order valence-corrected chi connectivity index (χ4v) is 3.37. The van der Waals surface area contributed by atoms with Crippen LogP contribution < -0.4 is 5.56 Å². The third-order valence-corrected chi connectivity index (χ3v) is 5.05. The molecule has 0 aliphatic carbocycles. The number of nitrogens with zero attached hydrogens (tertiary/aromatic N) is 3. The summed E-state index contributed by atoms with van der Waals surface area (Å²) >= 11 is 6.10. The van der Waals surface area contributed by atoms with Crippen LogP contribution in [0.25, 0.3) is 10.9 Å². The van der Waals surface area contributed by atoms with Crippen LogP contribution in [0.3, 0.4) is 0 Å². The molecular formula is C21H21ClN4O. The highest BCUT2D eigenvalue weighted by Gasteiger charge is 2.29. The summed E-state index contributed by atoms with van der Waals surface area (Å²) in [4.78, 5) is 23.8. The van der Waals surface area contributed by atoms with Gasteiger partial charge in [-0.2, -0.15) is 5.26 Å². The van der Waals surface area contributed by atoms with E-state index >= 15 is 0 Å². The number of rotatable bonds is 5. The molecule has 0 fully saturated rings. The van der Waals surface area contributed by atoms with Gasteiger partial charge in [-0.15, -0.1) is 0 Å². The lowest BCUT2D eigenvalue weighted by Crippen LogP contribution is -2.24. The maximum absolute atomic E-state index is 12.1. The van der Waals surface area contributed by atoms with Crippen molar-refractivity contribution in [2.24, 2.45) is 0 Å². The van der Waals surface area contributed by atoms with E-state index in [1.54, 1.807) is 6.07 Å². The first-order valence-electron chi connectivity index (χ1n) is 8.98. The molecule has 0 aliphatic rings. The van der Waals surface area contributed by atoms with Crippen LogP contribution in [0, 0.1) is 11.3 Å². The summed E-state index contributed by atoms with van der Waals surface area (Å²) in [5, 5.41) is 11.2. The lowest BCUT2D eigenvalue weighted by atomic mass is 9.80. The largest absolute Gasteiger partial charge is 0.322 e. The van der Waals surface area contributed by atoms with Gasteiger partial charge < -0.3 is 4.98 Å². The monoisotopic (exact) mass is 380 g/mol. The van der Waals surface area contributed by atoms with Crippen molar-refractivity contribution >= 4 is 22.5 Å². The summed E-state index contributed by atoms with van der Waals surface area (Å²) in [5.41, 5.74) is 2.19. The van der Waals surface area contributed by atoms with Crippen molar-refractivity contribution in [2.45, 2.75) is 45.4 Å². The zero-order chi connectivity index (χ0) is 19.6. The van der Waals surface area contributed by atoms with Crippen molar-refractivity contribution in [3.05, 3.63) is 68.5 Å². The van der Waals surface area contributed by atoms with Crippen LogP contribution in [0.4, 0.5) is 0 Å². The summed E-state index contributed by atoms with van der Waals surface area (Å²) in [6.45, 7) is 5.80. The Kier molecular flexibility index (Phi) is 5.29. The van der Waals surface area contributed by atoms with Crippen LogP contribution in [0.5, 0.6) is 0 Å². The van der Waals surface area contributed by atoms with E-state index in [0.717, 1.165) is 34.1 Å². The smallest absolute Gasteiger partial charge is 0.251 e. The third-order valence-electron chi connectivity index (χ3n) is 4.86. The molecule has 0 aliphatic heterocycles. The second-order valence-corrected chi connectivity index (χ2v) is 7.24. The first-order valence-corrected chi connectivity index (χ1v) is 9.36. The molecule has 0 saturated carbocycles. The standard InChI is InChI=1S/C21H21ClN4O/c1-4-13-8-14-6-7-15(9-17(14)25-20(13)27)21(3,12-23)11-19-24-16(5-2)10-18(22)26-19/h6-10H,4-5,11H2,1-3H3,(H,25,27). The zero-order valence-corrected chi connectivity index (χ0v) is 16.4. The Balaban J connectivity index is 2.05. The molecule has 138 valence electrons. The van der Waals surface area contributed by atoms with Crippen LogP contribution in [-0.4, -0.2) is 15.0 Å². The fraction of sp³-hybridized carbons (Fsp3) is 0.333. The Bertz CT molecular complexity index is 1100. The predicted octanol–water partition coefficient (Wildman–Crippen LogP) is 4.12. The molecule has 27 heavy (non-hydrogen) atoms. The van der Waals surface area contributed by atoms with E-state index < -0.39 is 5.41 Å². The Morgan fingerprint density at radius 3 is 2.63 bits per heavy atom. The van der Waals surface area contributed by atoms with Crippen LogP contribution in [0.15, 0.2) is 35.1 Å². The summed E-state index contributed by atoms with van der Waals surface area (Å²) in [6.07, 6.45) is 1.75.